The Balaban J connectivity index is 1.44. The van der Waals surface area contributed by atoms with Crippen LogP contribution in [0.3, 0.4) is 0 Å². The minimum absolute atomic E-state index is 0.0764. The highest BCUT2D eigenvalue weighted by molar-refractivity contribution is 5.76. The van der Waals surface area contributed by atoms with E-state index < -0.39 is 69.8 Å². The summed E-state index contributed by atoms with van der Waals surface area (Å²) < 4.78 is 97.7. The quantitative estimate of drug-likeness (QED) is 0.171. The van der Waals surface area contributed by atoms with Gasteiger partial charge in [0.2, 0.25) is 11.6 Å². The first-order valence-electron chi connectivity index (χ1n) is 13.1. The van der Waals surface area contributed by atoms with Crippen LogP contribution in [0, 0.1) is 40.8 Å². The summed E-state index contributed by atoms with van der Waals surface area (Å²) in [5.41, 5.74) is -1.06. The monoisotopic (exact) mass is 566 g/mol. The topological polar surface area (TPSA) is 55.8 Å². The lowest BCUT2D eigenvalue weighted by atomic mass is 9.78. The van der Waals surface area contributed by atoms with Crippen LogP contribution in [0.1, 0.15) is 69.1 Å². The van der Waals surface area contributed by atoms with Crippen LogP contribution >= 0.6 is 0 Å². The number of hydrogen-bond donors (Lipinski definition) is 1. The third kappa shape index (κ3) is 5.68. The molecule has 0 aliphatic heterocycles. The van der Waals surface area contributed by atoms with Crippen molar-refractivity contribution in [2.24, 2.45) is 5.92 Å². The lowest BCUT2D eigenvalue weighted by Gasteiger charge is -2.28. The molecule has 4 nitrogen and oxygen atoms in total. The Morgan fingerprint density at radius 1 is 0.775 bits per heavy atom. The van der Waals surface area contributed by atoms with E-state index in [9.17, 15) is 36.2 Å². The first-order chi connectivity index (χ1) is 19.1. The van der Waals surface area contributed by atoms with Crippen molar-refractivity contribution in [3.63, 3.8) is 0 Å². The van der Waals surface area contributed by atoms with E-state index in [0.29, 0.717) is 12.8 Å². The number of ether oxygens (including phenoxy) is 2. The van der Waals surface area contributed by atoms with Gasteiger partial charge in [-0.1, -0.05) is 19.1 Å². The van der Waals surface area contributed by atoms with Crippen molar-refractivity contribution in [3.8, 4) is 22.6 Å². The lowest BCUT2D eigenvalue weighted by Crippen LogP contribution is -2.26. The number of hydrogen-bond acceptors (Lipinski definition) is 4. The highest BCUT2D eigenvalue weighted by atomic mass is 19.2. The summed E-state index contributed by atoms with van der Waals surface area (Å²) in [6, 6.07) is 6.88. The molecule has 1 unspecified atom stereocenters. The van der Waals surface area contributed by atoms with Gasteiger partial charge in [-0.15, -0.1) is 0 Å². The van der Waals surface area contributed by atoms with E-state index in [1.807, 2.05) is 0 Å². The predicted molar refractivity (Wildman–Crippen MR) is 135 cm³/mol. The molecule has 1 fully saturated rings. The molecule has 40 heavy (non-hydrogen) atoms. The summed E-state index contributed by atoms with van der Waals surface area (Å²) in [6.07, 6.45) is 0.238. The SMILES string of the molecule is CCOc1ccc(-c2ccc(OC(=O)C3CCC(c4ccc(C(O)CC)c(F)c4F)CC3)c(F)c2F)c(F)c1F. The van der Waals surface area contributed by atoms with Crippen molar-refractivity contribution >= 4 is 5.97 Å². The average molecular weight is 567 g/mol. The van der Waals surface area contributed by atoms with Crippen LogP contribution in [0.4, 0.5) is 26.3 Å². The fourth-order valence-electron chi connectivity index (χ4n) is 5.03. The molecule has 3 aromatic rings. The molecule has 0 heterocycles. The van der Waals surface area contributed by atoms with Gasteiger partial charge in [0.1, 0.15) is 0 Å². The van der Waals surface area contributed by atoms with Gasteiger partial charge < -0.3 is 14.6 Å². The van der Waals surface area contributed by atoms with E-state index in [1.165, 1.54) is 12.1 Å². The number of aliphatic hydroxyl groups excluding tert-OH is 1. The van der Waals surface area contributed by atoms with E-state index in [2.05, 4.69) is 0 Å². The number of aliphatic hydroxyl groups is 1. The Kier molecular flexibility index (Phi) is 9.08. The summed E-state index contributed by atoms with van der Waals surface area (Å²) in [7, 11) is 0. The maximum absolute atomic E-state index is 14.8. The van der Waals surface area contributed by atoms with Crippen molar-refractivity contribution < 1.29 is 45.7 Å². The Hall–Kier alpha value is -3.53. The molecule has 0 spiro atoms. The number of carbonyl (C=O) groups is 1. The predicted octanol–water partition coefficient (Wildman–Crippen LogP) is 7.91. The first-order valence-corrected chi connectivity index (χ1v) is 13.1. The molecule has 1 aliphatic carbocycles. The van der Waals surface area contributed by atoms with E-state index in [4.69, 9.17) is 9.47 Å². The van der Waals surface area contributed by atoms with Gasteiger partial charge in [-0.25, -0.2) is 17.6 Å². The molecule has 4 rings (SSSR count). The summed E-state index contributed by atoms with van der Waals surface area (Å²) >= 11 is 0. The fraction of sp³-hybridized carbons (Fsp3) is 0.367. The molecular formula is C30H28F6O4. The van der Waals surface area contributed by atoms with Gasteiger partial charge in [-0.2, -0.15) is 8.78 Å². The summed E-state index contributed by atoms with van der Waals surface area (Å²) in [6.45, 7) is 3.30. The molecule has 0 bridgehead atoms. The normalized spacial score (nSPS) is 17.9. The Bertz CT molecular complexity index is 1400. The summed E-state index contributed by atoms with van der Waals surface area (Å²) in [5, 5.41) is 9.87. The van der Waals surface area contributed by atoms with Gasteiger partial charge in [-0.3, -0.25) is 4.79 Å². The molecule has 1 saturated carbocycles. The molecule has 214 valence electrons. The van der Waals surface area contributed by atoms with Crippen LogP contribution in [0.15, 0.2) is 36.4 Å². The van der Waals surface area contributed by atoms with Crippen molar-refractivity contribution in [1.82, 2.24) is 0 Å². The van der Waals surface area contributed by atoms with Crippen molar-refractivity contribution in [2.75, 3.05) is 6.61 Å². The standard InChI is InChI=1S/C30H28F6O4/c1-3-21(37)20-10-9-17(24(31)27(20)34)15-5-7-16(8-6-15)30(38)40-23-14-12-19(26(33)29(23)36)18-11-13-22(39-4-2)28(35)25(18)32/h9-16,21,37H,3-8H2,1-2H3. The second-order valence-electron chi connectivity index (χ2n) is 9.68. The van der Waals surface area contributed by atoms with Crippen LogP contribution in [-0.4, -0.2) is 17.7 Å². The van der Waals surface area contributed by atoms with E-state index in [1.54, 1.807) is 13.8 Å². The Morgan fingerprint density at radius 3 is 1.93 bits per heavy atom. The van der Waals surface area contributed by atoms with E-state index in [-0.39, 0.29) is 48.7 Å². The maximum atomic E-state index is 14.8. The van der Waals surface area contributed by atoms with Gasteiger partial charge in [0, 0.05) is 16.7 Å². The number of rotatable bonds is 8. The smallest absolute Gasteiger partial charge is 0.314 e. The van der Waals surface area contributed by atoms with Gasteiger partial charge in [-0.05, 0) is 74.8 Å². The van der Waals surface area contributed by atoms with Crippen LogP contribution in [0.25, 0.3) is 11.1 Å². The van der Waals surface area contributed by atoms with Crippen LogP contribution in [0.2, 0.25) is 0 Å². The van der Waals surface area contributed by atoms with Crippen molar-refractivity contribution in [1.29, 1.82) is 0 Å². The molecule has 1 atom stereocenters. The molecule has 0 aromatic heterocycles. The Labute approximate surface area is 227 Å². The minimum atomic E-state index is -1.54. The molecule has 1 aliphatic rings. The molecule has 0 radical (unpaired) electrons. The molecule has 0 saturated heterocycles. The van der Waals surface area contributed by atoms with E-state index in [0.717, 1.165) is 24.3 Å². The third-order valence-corrected chi connectivity index (χ3v) is 7.28. The van der Waals surface area contributed by atoms with Gasteiger partial charge >= 0.3 is 5.97 Å². The summed E-state index contributed by atoms with van der Waals surface area (Å²) in [4.78, 5) is 12.7. The van der Waals surface area contributed by atoms with Gasteiger partial charge in [0.05, 0.1) is 18.6 Å². The zero-order valence-corrected chi connectivity index (χ0v) is 21.9. The number of halogens is 6. The number of carbonyl (C=O) groups excluding carboxylic acids is 1. The average Bonchev–Trinajstić information content (AvgIpc) is 2.95. The number of benzene rings is 3. The second-order valence-corrected chi connectivity index (χ2v) is 9.68. The maximum Gasteiger partial charge on any atom is 0.314 e. The summed E-state index contributed by atoms with van der Waals surface area (Å²) in [5.74, 6) is -10.9. The molecule has 3 aromatic carbocycles. The van der Waals surface area contributed by atoms with Crippen LogP contribution in [0.5, 0.6) is 11.5 Å². The zero-order valence-electron chi connectivity index (χ0n) is 21.9. The van der Waals surface area contributed by atoms with Crippen LogP contribution in [-0.2, 0) is 4.79 Å². The first kappa shape index (κ1) is 29.5. The van der Waals surface area contributed by atoms with Crippen molar-refractivity contribution in [2.45, 2.75) is 58.0 Å². The molecular weight excluding hydrogens is 538 g/mol. The highest BCUT2D eigenvalue weighted by Crippen LogP contribution is 2.40. The van der Waals surface area contributed by atoms with Gasteiger partial charge in [0.25, 0.3) is 0 Å². The minimum Gasteiger partial charge on any atom is -0.491 e. The van der Waals surface area contributed by atoms with Crippen LogP contribution < -0.4 is 9.47 Å². The van der Waals surface area contributed by atoms with Crippen molar-refractivity contribution in [3.05, 3.63) is 82.4 Å². The van der Waals surface area contributed by atoms with Gasteiger partial charge in [0.15, 0.2) is 34.8 Å². The Morgan fingerprint density at radius 2 is 1.35 bits per heavy atom. The molecule has 1 N–H and O–H groups in total. The largest absolute Gasteiger partial charge is 0.491 e. The second kappa shape index (κ2) is 12.3. The van der Waals surface area contributed by atoms with E-state index >= 15 is 0 Å². The zero-order chi connectivity index (χ0) is 29.1. The fourth-order valence-corrected chi connectivity index (χ4v) is 5.03. The number of esters is 1. The third-order valence-electron chi connectivity index (χ3n) is 7.28. The molecule has 0 amide bonds. The molecule has 10 heteroatoms. The lowest BCUT2D eigenvalue weighted by molar-refractivity contribution is -0.140. The highest BCUT2D eigenvalue weighted by Gasteiger charge is 2.32.